The normalized spacial score (nSPS) is 10.8. The summed E-state index contributed by atoms with van der Waals surface area (Å²) in [5, 5.41) is 5.86. The molecule has 2 N–H and O–H groups in total. The lowest BCUT2D eigenvalue weighted by Crippen LogP contribution is -2.34. The fourth-order valence-corrected chi connectivity index (χ4v) is 4.49. The van der Waals surface area contributed by atoms with E-state index in [0.29, 0.717) is 34.0 Å². The smallest absolute Gasteiger partial charge is 0.261 e. The Morgan fingerprint density at radius 3 is 2.66 bits per heavy atom. The summed E-state index contributed by atoms with van der Waals surface area (Å²) >= 11 is 12.3. The third-order valence-electron chi connectivity index (χ3n) is 4.66. The van der Waals surface area contributed by atoms with E-state index in [1.54, 1.807) is 18.2 Å². The van der Waals surface area contributed by atoms with Crippen molar-refractivity contribution in [1.82, 2.24) is 10.3 Å². The number of aromatic nitrogens is 1. The van der Waals surface area contributed by atoms with Crippen LogP contribution in [-0.4, -0.2) is 23.1 Å². The molecule has 0 aliphatic rings. The monoisotopic (exact) mass is 573 g/mol. The van der Waals surface area contributed by atoms with Crippen molar-refractivity contribution in [3.05, 3.63) is 74.7 Å². The lowest BCUT2D eigenvalue weighted by molar-refractivity contribution is 0.0974. The Kier molecular flexibility index (Phi) is 6.59. The SMILES string of the molecule is COc1c(C)cc(Br)cc1C(=O)NC(=S)Nc1ccc2oc(-c3ccccc3Br)nc2c1. The van der Waals surface area contributed by atoms with Crippen LogP contribution in [0, 0.1) is 6.92 Å². The summed E-state index contributed by atoms with van der Waals surface area (Å²) in [5.41, 5.74) is 4.06. The van der Waals surface area contributed by atoms with Gasteiger partial charge in [-0.1, -0.05) is 28.1 Å². The van der Waals surface area contributed by atoms with Gasteiger partial charge in [0, 0.05) is 14.6 Å². The van der Waals surface area contributed by atoms with Crippen molar-refractivity contribution in [1.29, 1.82) is 0 Å². The highest BCUT2D eigenvalue weighted by atomic mass is 79.9. The van der Waals surface area contributed by atoms with Crippen LogP contribution in [0.1, 0.15) is 15.9 Å². The Morgan fingerprint density at radius 1 is 1.12 bits per heavy atom. The van der Waals surface area contributed by atoms with E-state index in [1.165, 1.54) is 7.11 Å². The summed E-state index contributed by atoms with van der Waals surface area (Å²) in [6.07, 6.45) is 0. The van der Waals surface area contributed by atoms with Crippen LogP contribution >= 0.6 is 44.1 Å². The van der Waals surface area contributed by atoms with Crippen molar-refractivity contribution in [2.45, 2.75) is 6.92 Å². The molecule has 0 saturated carbocycles. The minimum Gasteiger partial charge on any atom is -0.496 e. The molecule has 3 aromatic carbocycles. The molecular formula is C23H17Br2N3O3S. The molecule has 1 aromatic heterocycles. The molecule has 4 rings (SSSR count). The van der Waals surface area contributed by atoms with Gasteiger partial charge in [0.2, 0.25) is 5.89 Å². The quantitative estimate of drug-likeness (QED) is 0.272. The summed E-state index contributed by atoms with van der Waals surface area (Å²) in [4.78, 5) is 17.3. The van der Waals surface area contributed by atoms with E-state index in [4.69, 9.17) is 21.4 Å². The van der Waals surface area contributed by atoms with E-state index in [9.17, 15) is 4.79 Å². The number of methoxy groups -OCH3 is 1. The Balaban J connectivity index is 1.52. The second-order valence-electron chi connectivity index (χ2n) is 6.89. The Hall–Kier alpha value is -2.75. The van der Waals surface area contributed by atoms with Gasteiger partial charge in [-0.2, -0.15) is 0 Å². The van der Waals surface area contributed by atoms with Gasteiger partial charge in [0.15, 0.2) is 10.7 Å². The molecule has 9 heteroatoms. The Labute approximate surface area is 206 Å². The van der Waals surface area contributed by atoms with E-state index in [0.717, 1.165) is 20.1 Å². The van der Waals surface area contributed by atoms with Crippen LogP contribution in [0.5, 0.6) is 5.75 Å². The summed E-state index contributed by atoms with van der Waals surface area (Å²) in [6, 6.07) is 16.7. The predicted octanol–water partition coefficient (Wildman–Crippen LogP) is 6.46. The molecule has 0 bridgehead atoms. The Bertz CT molecular complexity index is 1350. The summed E-state index contributed by atoms with van der Waals surface area (Å²) in [7, 11) is 1.53. The lowest BCUT2D eigenvalue weighted by Gasteiger charge is -2.13. The molecule has 4 aromatic rings. The first-order valence-electron chi connectivity index (χ1n) is 9.47. The number of benzene rings is 3. The fraction of sp³-hybridized carbons (Fsp3) is 0.0870. The minimum atomic E-state index is -0.373. The van der Waals surface area contributed by atoms with Gasteiger partial charge in [0.1, 0.15) is 11.3 Å². The van der Waals surface area contributed by atoms with E-state index >= 15 is 0 Å². The van der Waals surface area contributed by atoms with Crippen LogP contribution in [0.15, 0.2) is 68.0 Å². The first kappa shape index (κ1) is 22.4. The van der Waals surface area contributed by atoms with Crippen molar-refractivity contribution in [2.24, 2.45) is 0 Å². The number of amides is 1. The van der Waals surface area contributed by atoms with Crippen LogP contribution in [0.2, 0.25) is 0 Å². The zero-order valence-electron chi connectivity index (χ0n) is 17.0. The number of nitrogens with zero attached hydrogens (tertiary/aromatic N) is 1. The first-order chi connectivity index (χ1) is 15.4. The van der Waals surface area contributed by atoms with Gasteiger partial charge >= 0.3 is 0 Å². The standard InChI is InChI=1S/C23H17Br2N3O3S/c1-12-9-13(24)10-16(20(12)30-2)21(29)28-23(32)26-14-7-8-19-18(11-14)27-22(31-19)15-5-3-4-6-17(15)25/h3-11H,1-2H3,(H2,26,28,29,32). The van der Waals surface area contributed by atoms with Crippen molar-refractivity contribution in [3.8, 4) is 17.2 Å². The number of carbonyl (C=O) groups is 1. The number of hydrogen-bond donors (Lipinski definition) is 2. The molecule has 0 saturated heterocycles. The molecule has 0 aliphatic carbocycles. The number of oxazole rings is 1. The third-order valence-corrected chi connectivity index (χ3v) is 6.02. The van der Waals surface area contributed by atoms with Gasteiger partial charge in [0.05, 0.1) is 18.2 Å². The number of nitrogens with one attached hydrogen (secondary N) is 2. The van der Waals surface area contributed by atoms with E-state index in [-0.39, 0.29) is 11.0 Å². The van der Waals surface area contributed by atoms with Crippen molar-refractivity contribution in [2.75, 3.05) is 12.4 Å². The highest BCUT2D eigenvalue weighted by Gasteiger charge is 2.17. The number of fused-ring (bicyclic) bond motifs is 1. The van der Waals surface area contributed by atoms with Gasteiger partial charge in [-0.3, -0.25) is 10.1 Å². The molecule has 1 amide bonds. The highest BCUT2D eigenvalue weighted by Crippen LogP contribution is 2.31. The van der Waals surface area contributed by atoms with Gasteiger partial charge in [0.25, 0.3) is 5.91 Å². The number of anilines is 1. The summed E-state index contributed by atoms with van der Waals surface area (Å²) in [6.45, 7) is 1.87. The van der Waals surface area contributed by atoms with Crippen molar-refractivity contribution >= 4 is 71.9 Å². The van der Waals surface area contributed by atoms with E-state index in [1.807, 2.05) is 43.3 Å². The molecule has 0 radical (unpaired) electrons. The molecule has 0 aliphatic heterocycles. The first-order valence-corrected chi connectivity index (χ1v) is 11.5. The lowest BCUT2D eigenvalue weighted by atomic mass is 10.1. The van der Waals surface area contributed by atoms with Crippen LogP contribution in [0.4, 0.5) is 5.69 Å². The number of ether oxygens (including phenoxy) is 1. The topological polar surface area (TPSA) is 76.4 Å². The molecular weight excluding hydrogens is 558 g/mol. The number of carbonyl (C=O) groups excluding carboxylic acids is 1. The van der Waals surface area contributed by atoms with Gasteiger partial charge in [-0.15, -0.1) is 0 Å². The average Bonchev–Trinajstić information content (AvgIpc) is 3.16. The molecule has 0 fully saturated rings. The number of halogens is 2. The maximum atomic E-state index is 12.8. The number of rotatable bonds is 4. The molecule has 1 heterocycles. The Morgan fingerprint density at radius 2 is 1.91 bits per heavy atom. The maximum absolute atomic E-state index is 12.8. The van der Waals surface area contributed by atoms with Crippen molar-refractivity contribution < 1.29 is 13.9 Å². The van der Waals surface area contributed by atoms with Gasteiger partial charge < -0.3 is 14.5 Å². The fourth-order valence-electron chi connectivity index (χ4n) is 3.26. The largest absolute Gasteiger partial charge is 0.496 e. The minimum absolute atomic E-state index is 0.156. The number of hydrogen-bond acceptors (Lipinski definition) is 5. The average molecular weight is 575 g/mol. The zero-order valence-corrected chi connectivity index (χ0v) is 21.0. The van der Waals surface area contributed by atoms with E-state index in [2.05, 4.69) is 47.5 Å². The molecule has 162 valence electrons. The van der Waals surface area contributed by atoms with Crippen LogP contribution in [0.25, 0.3) is 22.6 Å². The second kappa shape index (κ2) is 9.40. The third kappa shape index (κ3) is 4.69. The zero-order chi connectivity index (χ0) is 22.8. The van der Waals surface area contributed by atoms with Gasteiger partial charge in [-0.25, -0.2) is 4.98 Å². The summed E-state index contributed by atoms with van der Waals surface area (Å²) < 4.78 is 12.9. The molecule has 0 unspecified atom stereocenters. The summed E-state index contributed by atoms with van der Waals surface area (Å²) in [5.74, 6) is 0.636. The molecule has 0 spiro atoms. The predicted molar refractivity (Wildman–Crippen MR) is 136 cm³/mol. The second-order valence-corrected chi connectivity index (χ2v) is 9.07. The maximum Gasteiger partial charge on any atom is 0.261 e. The van der Waals surface area contributed by atoms with Crippen LogP contribution in [0.3, 0.4) is 0 Å². The van der Waals surface area contributed by atoms with Crippen molar-refractivity contribution in [3.63, 3.8) is 0 Å². The molecule has 0 atom stereocenters. The molecule has 32 heavy (non-hydrogen) atoms. The van der Waals surface area contributed by atoms with E-state index < -0.39 is 0 Å². The highest BCUT2D eigenvalue weighted by molar-refractivity contribution is 9.10. The molecule has 6 nitrogen and oxygen atoms in total. The van der Waals surface area contributed by atoms with Gasteiger partial charge in [-0.05, 0) is 83.1 Å². The number of thiocarbonyl (C=S) groups is 1. The van der Waals surface area contributed by atoms with Crippen LogP contribution in [-0.2, 0) is 0 Å². The number of aryl methyl sites for hydroxylation is 1. The van der Waals surface area contributed by atoms with Crippen LogP contribution < -0.4 is 15.4 Å².